The molecule has 31 heavy (non-hydrogen) atoms. The summed E-state index contributed by atoms with van der Waals surface area (Å²) in [5.74, 6) is -1.73. The third-order valence-electron chi connectivity index (χ3n) is 5.36. The van der Waals surface area contributed by atoms with E-state index in [1.54, 1.807) is 13.8 Å². The van der Waals surface area contributed by atoms with Gasteiger partial charge in [0.1, 0.15) is 11.4 Å². The van der Waals surface area contributed by atoms with Gasteiger partial charge in [-0.15, -0.1) is 11.3 Å². The monoisotopic (exact) mass is 460 g/mol. The minimum absolute atomic E-state index is 0.00309. The number of nitrogens with zero attached hydrogens (tertiary/aromatic N) is 3. The van der Waals surface area contributed by atoms with Gasteiger partial charge in [-0.25, -0.2) is 14.8 Å². The third kappa shape index (κ3) is 4.90. The Morgan fingerprint density at radius 1 is 1.39 bits per heavy atom. The molecule has 170 valence electrons. The number of hydrogen-bond donors (Lipinski definition) is 2. The Kier molecular flexibility index (Phi) is 6.70. The van der Waals surface area contributed by atoms with Crippen LogP contribution in [-0.2, 0) is 9.53 Å². The second-order valence-electron chi connectivity index (χ2n) is 7.33. The van der Waals surface area contributed by atoms with Gasteiger partial charge in [-0.2, -0.15) is 13.2 Å². The smallest absolute Gasteiger partial charge is 0.433 e. The number of alkyl halides is 3. The molecule has 0 bridgehead atoms. The number of carbonyl (C=O) groups is 2. The number of ether oxygens (including phenoxy) is 1. The number of anilines is 1. The van der Waals surface area contributed by atoms with E-state index in [1.165, 1.54) is 18.4 Å². The van der Waals surface area contributed by atoms with Gasteiger partial charge in [0.2, 0.25) is 0 Å². The summed E-state index contributed by atoms with van der Waals surface area (Å²) in [4.78, 5) is 34.0. The van der Waals surface area contributed by atoms with Crippen molar-refractivity contribution < 1.29 is 32.6 Å². The number of allylic oxidation sites excluding steroid dienone is 2. The van der Waals surface area contributed by atoms with E-state index in [4.69, 9.17) is 4.74 Å². The number of aliphatic imine (C=N–C) groups is 1. The fourth-order valence-electron chi connectivity index (χ4n) is 3.69. The Hall–Kier alpha value is -2.47. The molecule has 2 atom stereocenters. The van der Waals surface area contributed by atoms with Gasteiger partial charge in [-0.05, 0) is 25.3 Å². The van der Waals surface area contributed by atoms with Crippen molar-refractivity contribution in [1.82, 2.24) is 10.3 Å². The zero-order chi connectivity index (χ0) is 22.9. The number of aryl methyl sites for hydroxylation is 1. The second-order valence-corrected chi connectivity index (χ2v) is 8.52. The molecule has 8 nitrogen and oxygen atoms in total. The Morgan fingerprint density at radius 3 is 2.61 bits per heavy atom. The number of aromatic carboxylic acids is 1. The highest BCUT2D eigenvalue weighted by atomic mass is 32.1. The third-order valence-corrected chi connectivity index (χ3v) is 6.39. The van der Waals surface area contributed by atoms with E-state index in [0.717, 1.165) is 0 Å². The highest BCUT2D eigenvalue weighted by molar-refractivity contribution is 7.15. The Bertz CT molecular complexity index is 941. The number of carbonyl (C=O) groups excluding carboxylic acids is 1. The summed E-state index contributed by atoms with van der Waals surface area (Å²) in [5, 5.41) is 12.5. The number of nitrogens with one attached hydrogen (secondary N) is 1. The quantitative estimate of drug-likeness (QED) is 0.677. The Morgan fingerprint density at radius 2 is 2.10 bits per heavy atom. The number of aromatic nitrogens is 1. The van der Waals surface area contributed by atoms with Crippen molar-refractivity contribution in [2.45, 2.75) is 51.4 Å². The molecule has 0 unspecified atom stereocenters. The summed E-state index contributed by atoms with van der Waals surface area (Å²) >= 11 is 1.26. The number of carboxylic acids is 1. The Balaban J connectivity index is 1.67. The molecule has 2 aliphatic heterocycles. The van der Waals surface area contributed by atoms with Crippen LogP contribution in [0.4, 0.5) is 18.3 Å². The lowest BCUT2D eigenvalue weighted by Gasteiger charge is -2.37. The SMILES string of the molecule is CCC1=C(C(F)(F)F)N=C(C(=O)N[C@@H]2CCN(c3nc(C(=O)O)c(C)s3)C[C@@H]2OC)C1. The van der Waals surface area contributed by atoms with Gasteiger partial charge in [-0.3, -0.25) is 4.79 Å². The van der Waals surface area contributed by atoms with E-state index < -0.39 is 35.9 Å². The van der Waals surface area contributed by atoms with Crippen LogP contribution < -0.4 is 10.2 Å². The molecule has 1 amide bonds. The molecular weight excluding hydrogens is 437 g/mol. The number of halogens is 3. The van der Waals surface area contributed by atoms with Crippen molar-refractivity contribution in [2.75, 3.05) is 25.1 Å². The first kappa shape index (κ1) is 23.2. The van der Waals surface area contributed by atoms with E-state index in [2.05, 4.69) is 15.3 Å². The summed E-state index contributed by atoms with van der Waals surface area (Å²) < 4.78 is 44.9. The maximum absolute atomic E-state index is 13.1. The van der Waals surface area contributed by atoms with E-state index in [9.17, 15) is 27.9 Å². The molecule has 1 saturated heterocycles. The number of thiazole rings is 1. The number of piperidine rings is 1. The molecule has 0 radical (unpaired) electrons. The fourth-order valence-corrected chi connectivity index (χ4v) is 4.62. The topological polar surface area (TPSA) is 104 Å². The van der Waals surface area contributed by atoms with Gasteiger partial charge >= 0.3 is 12.1 Å². The van der Waals surface area contributed by atoms with Crippen molar-refractivity contribution in [3.63, 3.8) is 0 Å². The minimum atomic E-state index is -4.59. The second kappa shape index (κ2) is 8.95. The van der Waals surface area contributed by atoms with Crippen molar-refractivity contribution in [3.8, 4) is 0 Å². The molecular formula is C19H23F3N4O4S. The van der Waals surface area contributed by atoms with E-state index in [-0.39, 0.29) is 29.8 Å². The average molecular weight is 460 g/mol. The number of rotatable bonds is 6. The van der Waals surface area contributed by atoms with E-state index in [0.29, 0.717) is 29.5 Å². The fraction of sp³-hybridized carbons (Fsp3) is 0.579. The molecule has 2 aliphatic rings. The molecule has 0 aliphatic carbocycles. The number of hydrogen-bond acceptors (Lipinski definition) is 7. The van der Waals surface area contributed by atoms with Crippen molar-refractivity contribution in [1.29, 1.82) is 0 Å². The first-order chi connectivity index (χ1) is 14.5. The zero-order valence-electron chi connectivity index (χ0n) is 17.2. The summed E-state index contributed by atoms with van der Waals surface area (Å²) in [6.45, 7) is 4.12. The molecule has 3 heterocycles. The minimum Gasteiger partial charge on any atom is -0.476 e. The normalized spacial score (nSPS) is 22.0. The van der Waals surface area contributed by atoms with E-state index >= 15 is 0 Å². The summed E-state index contributed by atoms with van der Waals surface area (Å²) in [7, 11) is 1.48. The van der Waals surface area contributed by atoms with E-state index in [1.807, 2.05) is 4.90 Å². The first-order valence-electron chi connectivity index (χ1n) is 9.71. The van der Waals surface area contributed by atoms with Crippen LogP contribution in [0, 0.1) is 6.92 Å². The van der Waals surface area contributed by atoms with Gasteiger partial charge in [0, 0.05) is 31.5 Å². The van der Waals surface area contributed by atoms with Gasteiger partial charge in [-0.1, -0.05) is 6.92 Å². The van der Waals surface area contributed by atoms with Crippen molar-refractivity contribution in [2.24, 2.45) is 4.99 Å². The largest absolute Gasteiger partial charge is 0.476 e. The average Bonchev–Trinajstić information content (AvgIpc) is 3.32. The van der Waals surface area contributed by atoms with Crippen LogP contribution >= 0.6 is 11.3 Å². The predicted molar refractivity (Wildman–Crippen MR) is 109 cm³/mol. The number of carboxylic acid groups (broad SMARTS) is 1. The first-order valence-corrected chi connectivity index (χ1v) is 10.5. The molecule has 1 fully saturated rings. The lowest BCUT2D eigenvalue weighted by atomic mass is 10.0. The van der Waals surface area contributed by atoms with Gasteiger partial charge in [0.05, 0.1) is 12.1 Å². The molecule has 0 spiro atoms. The number of methoxy groups -OCH3 is 1. The van der Waals surface area contributed by atoms with Crippen molar-refractivity contribution in [3.05, 3.63) is 21.8 Å². The molecule has 0 saturated carbocycles. The maximum Gasteiger partial charge on any atom is 0.433 e. The molecule has 1 aromatic heterocycles. The molecule has 12 heteroatoms. The molecule has 2 N–H and O–H groups in total. The van der Waals surface area contributed by atoms with Gasteiger partial charge in [0.15, 0.2) is 10.8 Å². The summed E-state index contributed by atoms with van der Waals surface area (Å²) in [6, 6.07) is -0.420. The van der Waals surface area contributed by atoms with Crippen LogP contribution in [0.25, 0.3) is 0 Å². The summed E-state index contributed by atoms with van der Waals surface area (Å²) in [6.07, 6.45) is -4.53. The molecule has 0 aromatic carbocycles. The van der Waals surface area contributed by atoms with Crippen LogP contribution in [0.2, 0.25) is 0 Å². The number of amides is 1. The van der Waals surface area contributed by atoms with Crippen LogP contribution in [0.15, 0.2) is 16.3 Å². The highest BCUT2D eigenvalue weighted by Gasteiger charge is 2.41. The van der Waals surface area contributed by atoms with Crippen LogP contribution in [0.3, 0.4) is 0 Å². The summed E-state index contributed by atoms with van der Waals surface area (Å²) in [5.41, 5.74) is -1.03. The maximum atomic E-state index is 13.1. The van der Waals surface area contributed by atoms with Gasteiger partial charge in [0.25, 0.3) is 5.91 Å². The highest BCUT2D eigenvalue weighted by Crippen LogP contribution is 2.36. The lowest BCUT2D eigenvalue weighted by molar-refractivity contribution is -0.116. The van der Waals surface area contributed by atoms with Crippen molar-refractivity contribution >= 4 is 34.1 Å². The predicted octanol–water partition coefficient (Wildman–Crippen LogP) is 2.93. The van der Waals surface area contributed by atoms with Crippen LogP contribution in [-0.4, -0.2) is 66.2 Å². The Labute approximate surface area is 180 Å². The standard InChI is InChI=1S/C19H23F3N4O4S/c1-4-10-7-12(23-15(10)19(20,21)22)16(27)24-11-5-6-26(8-13(11)30-3)18-25-14(17(28)29)9(2)31-18/h11,13H,4-8H2,1-3H3,(H,24,27)(H,28,29)/t11-,13+/m1/s1. The molecule has 1 aromatic rings. The zero-order valence-corrected chi connectivity index (χ0v) is 18.1. The van der Waals surface area contributed by atoms with Crippen LogP contribution in [0.1, 0.15) is 41.6 Å². The lowest BCUT2D eigenvalue weighted by Crippen LogP contribution is -2.55. The van der Waals surface area contributed by atoms with Gasteiger partial charge < -0.3 is 20.1 Å². The van der Waals surface area contributed by atoms with Crippen LogP contribution in [0.5, 0.6) is 0 Å². The molecule has 3 rings (SSSR count).